The van der Waals surface area contributed by atoms with Crippen LogP contribution in [-0.2, 0) is 4.57 Å². The second kappa shape index (κ2) is 2.58. The zero-order valence-electron chi connectivity index (χ0n) is 7.08. The van der Waals surface area contributed by atoms with Crippen molar-refractivity contribution in [1.29, 1.82) is 0 Å². The highest BCUT2D eigenvalue weighted by molar-refractivity contribution is 7.60. The van der Waals surface area contributed by atoms with Gasteiger partial charge in [0.2, 0.25) is 7.37 Å². The predicted octanol–water partition coefficient (Wildman–Crippen LogP) is 1.36. The molecular weight excluding hydrogens is 161 g/mol. The normalized spacial score (nSPS) is 41.6. The monoisotopic (exact) mass is 177 g/mol. The zero-order chi connectivity index (χ0) is 8.70. The summed E-state index contributed by atoms with van der Waals surface area (Å²) in [6.45, 7) is 3.73. The van der Waals surface area contributed by atoms with E-state index >= 15 is 0 Å². The Morgan fingerprint density at radius 2 is 2.27 bits per heavy atom. The maximum absolute atomic E-state index is 11.5. The topological polar surface area (TPSA) is 63.3 Å². The van der Waals surface area contributed by atoms with Gasteiger partial charge in [0.25, 0.3) is 0 Å². The summed E-state index contributed by atoms with van der Waals surface area (Å²) in [6, 6.07) is 0. The Labute approximate surface area is 67.4 Å². The van der Waals surface area contributed by atoms with Gasteiger partial charge < -0.3 is 10.6 Å². The molecule has 0 spiro atoms. The van der Waals surface area contributed by atoms with Gasteiger partial charge in [-0.05, 0) is 12.3 Å². The molecule has 3 nitrogen and oxygen atoms in total. The van der Waals surface area contributed by atoms with Crippen LogP contribution in [0, 0.1) is 5.92 Å². The summed E-state index contributed by atoms with van der Waals surface area (Å²) in [7, 11) is -3.04. The molecule has 0 amide bonds. The summed E-state index contributed by atoms with van der Waals surface area (Å²) in [4.78, 5) is 9.45. The van der Waals surface area contributed by atoms with Gasteiger partial charge in [0, 0.05) is 6.16 Å². The summed E-state index contributed by atoms with van der Waals surface area (Å²) in [5.74, 6) is 0.276. The molecule has 0 aromatic carbocycles. The molecule has 0 saturated heterocycles. The van der Waals surface area contributed by atoms with Crippen LogP contribution in [0.25, 0.3) is 0 Å². The molecule has 3 atom stereocenters. The van der Waals surface area contributed by atoms with Crippen LogP contribution in [0.4, 0.5) is 0 Å². The average Bonchev–Trinajstić information content (AvgIpc) is 2.64. The second-order valence-electron chi connectivity index (χ2n) is 3.32. The van der Waals surface area contributed by atoms with Crippen LogP contribution in [0.15, 0.2) is 0 Å². The molecule has 1 fully saturated rings. The van der Waals surface area contributed by atoms with Crippen molar-refractivity contribution in [3.63, 3.8) is 0 Å². The molecule has 0 bridgehead atoms. The quantitative estimate of drug-likeness (QED) is 0.640. The minimum Gasteiger partial charge on any atom is -0.343 e. The lowest BCUT2D eigenvalue weighted by Crippen LogP contribution is -2.25. The van der Waals surface area contributed by atoms with Crippen LogP contribution in [0.1, 0.15) is 26.7 Å². The largest absolute Gasteiger partial charge is 0.343 e. The maximum atomic E-state index is 11.5. The van der Waals surface area contributed by atoms with Gasteiger partial charge in [-0.25, -0.2) is 0 Å². The number of rotatable bonds is 3. The molecule has 1 saturated carbocycles. The van der Waals surface area contributed by atoms with Gasteiger partial charge in [0.1, 0.15) is 0 Å². The van der Waals surface area contributed by atoms with Crippen LogP contribution < -0.4 is 5.73 Å². The fraction of sp³-hybridized carbons (Fsp3) is 1.00. The highest BCUT2D eigenvalue weighted by Crippen LogP contribution is 2.67. The van der Waals surface area contributed by atoms with Gasteiger partial charge in [-0.3, -0.25) is 4.57 Å². The SMILES string of the molecule is CC[C@@H]1C[C@]1(N)P(=O)(O)CC. The third kappa shape index (κ3) is 1.26. The predicted molar refractivity (Wildman–Crippen MR) is 45.7 cm³/mol. The van der Waals surface area contributed by atoms with Crippen molar-refractivity contribution in [3.05, 3.63) is 0 Å². The first kappa shape index (κ1) is 9.24. The van der Waals surface area contributed by atoms with Crippen molar-refractivity contribution < 1.29 is 9.46 Å². The van der Waals surface area contributed by atoms with Crippen molar-refractivity contribution in [2.45, 2.75) is 32.0 Å². The van der Waals surface area contributed by atoms with Gasteiger partial charge in [-0.1, -0.05) is 20.3 Å². The molecule has 66 valence electrons. The molecular formula is C7H16NO2P. The van der Waals surface area contributed by atoms with E-state index in [9.17, 15) is 9.46 Å². The van der Waals surface area contributed by atoms with Crippen molar-refractivity contribution in [2.75, 3.05) is 6.16 Å². The van der Waals surface area contributed by atoms with E-state index < -0.39 is 12.6 Å². The molecule has 0 aromatic rings. The third-order valence-corrected chi connectivity index (χ3v) is 5.40. The first-order chi connectivity index (χ1) is 4.98. The van der Waals surface area contributed by atoms with Crippen LogP contribution >= 0.6 is 7.37 Å². The van der Waals surface area contributed by atoms with Gasteiger partial charge in [0.15, 0.2) is 0 Å². The van der Waals surface area contributed by atoms with Crippen molar-refractivity contribution in [2.24, 2.45) is 11.7 Å². The molecule has 11 heavy (non-hydrogen) atoms. The fourth-order valence-corrected chi connectivity index (χ4v) is 3.40. The first-order valence-corrected chi connectivity index (χ1v) is 5.93. The van der Waals surface area contributed by atoms with Crippen LogP contribution in [0.5, 0.6) is 0 Å². The van der Waals surface area contributed by atoms with E-state index in [0.29, 0.717) is 6.16 Å². The Morgan fingerprint density at radius 3 is 2.55 bits per heavy atom. The van der Waals surface area contributed by atoms with E-state index in [4.69, 9.17) is 5.73 Å². The summed E-state index contributed by atoms with van der Waals surface area (Å²) in [5.41, 5.74) is 5.78. The number of hydrogen-bond donors (Lipinski definition) is 2. The van der Waals surface area contributed by atoms with E-state index in [-0.39, 0.29) is 5.92 Å². The Kier molecular flexibility index (Phi) is 2.17. The van der Waals surface area contributed by atoms with E-state index in [1.807, 2.05) is 6.92 Å². The number of hydrogen-bond acceptors (Lipinski definition) is 2. The summed E-state index contributed by atoms with van der Waals surface area (Å²) in [6.07, 6.45) is 1.95. The first-order valence-electron chi connectivity index (χ1n) is 4.08. The Morgan fingerprint density at radius 1 is 1.73 bits per heavy atom. The molecule has 4 heteroatoms. The van der Waals surface area contributed by atoms with Crippen LogP contribution in [0.2, 0.25) is 0 Å². The Balaban J connectivity index is 2.70. The lowest BCUT2D eigenvalue weighted by molar-refractivity contribution is 0.454. The minimum absolute atomic E-state index is 0.276. The molecule has 1 aliphatic rings. The molecule has 0 aliphatic heterocycles. The summed E-state index contributed by atoms with van der Waals surface area (Å²) < 4.78 is 11.5. The highest BCUT2D eigenvalue weighted by atomic mass is 31.2. The standard InChI is InChI=1S/C7H16NO2P/c1-3-6-5-7(6,8)11(9,10)4-2/h6H,3-5,8H2,1-2H3,(H,9,10)/t6-,7+/m1/s1. The smallest absolute Gasteiger partial charge is 0.219 e. The van der Waals surface area contributed by atoms with Crippen LogP contribution in [0.3, 0.4) is 0 Å². The van der Waals surface area contributed by atoms with Crippen molar-refractivity contribution >= 4 is 7.37 Å². The molecule has 0 aromatic heterocycles. The fourth-order valence-electron chi connectivity index (χ4n) is 1.56. The van der Waals surface area contributed by atoms with Crippen LogP contribution in [-0.4, -0.2) is 16.3 Å². The van der Waals surface area contributed by atoms with E-state index in [0.717, 1.165) is 12.8 Å². The van der Waals surface area contributed by atoms with Gasteiger partial charge in [-0.2, -0.15) is 0 Å². The van der Waals surface area contributed by atoms with Crippen molar-refractivity contribution in [3.8, 4) is 0 Å². The zero-order valence-corrected chi connectivity index (χ0v) is 7.97. The summed E-state index contributed by atoms with van der Waals surface area (Å²) in [5, 5.41) is -0.726. The summed E-state index contributed by atoms with van der Waals surface area (Å²) >= 11 is 0. The Bertz CT molecular complexity index is 207. The lowest BCUT2D eigenvalue weighted by atomic mass is 10.3. The molecule has 1 unspecified atom stereocenters. The third-order valence-electron chi connectivity index (χ3n) is 2.69. The van der Waals surface area contributed by atoms with E-state index in [1.54, 1.807) is 6.92 Å². The van der Waals surface area contributed by atoms with E-state index in [2.05, 4.69) is 0 Å². The van der Waals surface area contributed by atoms with Gasteiger partial charge in [0.05, 0.1) is 5.28 Å². The lowest BCUT2D eigenvalue weighted by Gasteiger charge is -2.17. The average molecular weight is 177 g/mol. The highest BCUT2D eigenvalue weighted by Gasteiger charge is 2.60. The molecule has 0 heterocycles. The number of nitrogens with two attached hydrogens (primary N) is 1. The van der Waals surface area contributed by atoms with Crippen molar-refractivity contribution in [1.82, 2.24) is 0 Å². The molecule has 3 N–H and O–H groups in total. The van der Waals surface area contributed by atoms with E-state index in [1.165, 1.54) is 0 Å². The minimum atomic E-state index is -3.04. The maximum Gasteiger partial charge on any atom is 0.219 e. The second-order valence-corrected chi connectivity index (χ2v) is 6.19. The van der Waals surface area contributed by atoms with Gasteiger partial charge >= 0.3 is 0 Å². The Hall–Kier alpha value is 0.150. The molecule has 0 radical (unpaired) electrons. The molecule has 1 aliphatic carbocycles. The molecule has 1 rings (SSSR count). The van der Waals surface area contributed by atoms with Gasteiger partial charge in [-0.15, -0.1) is 0 Å².